The first-order valence-electron chi connectivity index (χ1n) is 7.55. The van der Waals surface area contributed by atoms with Crippen molar-refractivity contribution in [3.05, 3.63) is 34.9 Å². The van der Waals surface area contributed by atoms with Crippen LogP contribution in [0.5, 0.6) is 0 Å². The van der Waals surface area contributed by atoms with Crippen molar-refractivity contribution in [2.75, 3.05) is 6.54 Å². The zero-order chi connectivity index (χ0) is 17.4. The van der Waals surface area contributed by atoms with Gasteiger partial charge in [0.2, 0.25) is 0 Å². The fourth-order valence-electron chi connectivity index (χ4n) is 2.52. The highest BCUT2D eigenvalue weighted by atomic mass is 35.5. The van der Waals surface area contributed by atoms with Crippen molar-refractivity contribution in [1.82, 2.24) is 10.2 Å². The minimum absolute atomic E-state index is 0.163. The fourth-order valence-corrected chi connectivity index (χ4v) is 2.65. The maximum Gasteiger partial charge on any atom is 0.325 e. The summed E-state index contributed by atoms with van der Waals surface area (Å²) in [6.07, 6.45) is 0.388. The number of nitrogens with one attached hydrogen (secondary N) is 1. The number of ketones is 1. The summed E-state index contributed by atoms with van der Waals surface area (Å²) in [5, 5.41) is 3.30. The lowest BCUT2D eigenvalue weighted by Gasteiger charge is -2.26. The maximum absolute atomic E-state index is 12.9. The van der Waals surface area contributed by atoms with Gasteiger partial charge in [0.25, 0.3) is 5.91 Å². The molecule has 0 radical (unpaired) electrons. The number of hydrogen-bond donors (Lipinski definition) is 1. The Hall–Kier alpha value is -1.88. The average Bonchev–Trinajstić information content (AvgIpc) is 2.72. The van der Waals surface area contributed by atoms with Crippen molar-refractivity contribution in [3.8, 4) is 0 Å². The molecule has 0 unspecified atom stereocenters. The number of imide groups is 1. The number of halogens is 1. The number of hydrogen-bond acceptors (Lipinski definition) is 3. The van der Waals surface area contributed by atoms with Crippen molar-refractivity contribution in [1.29, 1.82) is 0 Å². The number of urea groups is 1. The zero-order valence-electron chi connectivity index (χ0n) is 13.8. The first kappa shape index (κ1) is 17.5. The number of benzene rings is 1. The molecule has 124 valence electrons. The first-order valence-corrected chi connectivity index (χ1v) is 7.93. The van der Waals surface area contributed by atoms with E-state index >= 15 is 0 Å². The van der Waals surface area contributed by atoms with E-state index in [2.05, 4.69) is 5.32 Å². The van der Waals surface area contributed by atoms with Crippen molar-refractivity contribution in [2.45, 2.75) is 39.7 Å². The molecule has 6 heteroatoms. The second-order valence-electron chi connectivity index (χ2n) is 6.76. The Morgan fingerprint density at radius 1 is 1.22 bits per heavy atom. The van der Waals surface area contributed by atoms with Gasteiger partial charge in [0.15, 0.2) is 5.78 Å². The summed E-state index contributed by atoms with van der Waals surface area (Å²) < 4.78 is 0. The van der Waals surface area contributed by atoms with E-state index in [1.807, 2.05) is 6.92 Å². The third-order valence-corrected chi connectivity index (χ3v) is 4.43. The molecule has 1 N–H and O–H groups in total. The molecule has 1 atom stereocenters. The molecule has 5 nitrogen and oxygen atoms in total. The molecular formula is C17H21ClN2O3. The summed E-state index contributed by atoms with van der Waals surface area (Å²) >= 11 is 5.89. The molecule has 1 fully saturated rings. The number of carbonyl (C=O) groups excluding carboxylic acids is 3. The van der Waals surface area contributed by atoms with E-state index in [0.717, 1.165) is 4.90 Å². The van der Waals surface area contributed by atoms with Gasteiger partial charge in [0, 0.05) is 10.4 Å². The molecular weight excluding hydrogens is 316 g/mol. The van der Waals surface area contributed by atoms with Gasteiger partial charge in [-0.25, -0.2) is 4.79 Å². The molecule has 0 aromatic heterocycles. The van der Waals surface area contributed by atoms with E-state index in [4.69, 9.17) is 11.6 Å². The third kappa shape index (κ3) is 3.11. The lowest BCUT2D eigenvalue weighted by molar-refractivity contribution is -0.137. The van der Waals surface area contributed by atoms with Crippen molar-refractivity contribution in [3.63, 3.8) is 0 Å². The summed E-state index contributed by atoms with van der Waals surface area (Å²) in [4.78, 5) is 38.4. The van der Waals surface area contributed by atoms with Crippen LogP contribution in [0.4, 0.5) is 4.79 Å². The molecule has 2 rings (SSSR count). The average molecular weight is 337 g/mol. The van der Waals surface area contributed by atoms with Crippen LogP contribution >= 0.6 is 11.6 Å². The van der Waals surface area contributed by atoms with Crippen LogP contribution in [0, 0.1) is 5.41 Å². The zero-order valence-corrected chi connectivity index (χ0v) is 14.5. The van der Waals surface area contributed by atoms with Gasteiger partial charge in [-0.15, -0.1) is 0 Å². The lowest BCUT2D eigenvalue weighted by atomic mass is 9.86. The van der Waals surface area contributed by atoms with Crippen molar-refractivity contribution < 1.29 is 14.4 Å². The number of rotatable bonds is 4. The largest absolute Gasteiger partial charge is 0.325 e. The highest BCUT2D eigenvalue weighted by Crippen LogP contribution is 2.33. The van der Waals surface area contributed by atoms with Crippen LogP contribution in [0.15, 0.2) is 24.3 Å². The van der Waals surface area contributed by atoms with E-state index in [0.29, 0.717) is 17.0 Å². The predicted octanol–water partition coefficient (Wildman–Crippen LogP) is 3.11. The van der Waals surface area contributed by atoms with E-state index < -0.39 is 22.9 Å². The quantitative estimate of drug-likeness (QED) is 0.859. The van der Waals surface area contributed by atoms with Crippen LogP contribution in [0.3, 0.4) is 0 Å². The number of amides is 3. The van der Waals surface area contributed by atoms with Crippen LogP contribution in [0.1, 0.15) is 39.7 Å². The summed E-state index contributed by atoms with van der Waals surface area (Å²) in [7, 11) is 0. The van der Waals surface area contributed by atoms with E-state index in [1.165, 1.54) is 0 Å². The van der Waals surface area contributed by atoms with Crippen molar-refractivity contribution in [2.24, 2.45) is 5.41 Å². The molecule has 1 aliphatic rings. The van der Waals surface area contributed by atoms with Gasteiger partial charge in [0.05, 0.1) is 6.54 Å². The molecule has 1 heterocycles. The van der Waals surface area contributed by atoms with Gasteiger partial charge in [-0.2, -0.15) is 0 Å². The van der Waals surface area contributed by atoms with Crippen molar-refractivity contribution >= 4 is 29.3 Å². The standard InChI is InChI=1S/C17H21ClN2O3/c1-5-17(11-6-8-12(18)9-7-11)14(22)20(15(23)19-17)10-13(21)16(2,3)4/h6-9H,5,10H2,1-4H3,(H,19,23)/t17-/m1/s1. The normalized spacial score (nSPS) is 21.5. The second-order valence-corrected chi connectivity index (χ2v) is 7.20. The molecule has 1 aromatic carbocycles. The molecule has 0 bridgehead atoms. The molecule has 1 aliphatic heterocycles. The van der Waals surface area contributed by atoms with Crippen LogP contribution in [-0.2, 0) is 15.1 Å². The first-order chi connectivity index (χ1) is 10.6. The molecule has 1 saturated heterocycles. The monoisotopic (exact) mass is 336 g/mol. The predicted molar refractivity (Wildman–Crippen MR) is 88.1 cm³/mol. The SMILES string of the molecule is CC[C@]1(c2ccc(Cl)cc2)NC(=O)N(CC(=O)C(C)(C)C)C1=O. The van der Waals surface area contributed by atoms with Crippen LogP contribution < -0.4 is 5.32 Å². The summed E-state index contributed by atoms with van der Waals surface area (Å²) in [6.45, 7) is 6.89. The van der Waals surface area contributed by atoms with Crippen LogP contribution in [-0.4, -0.2) is 29.2 Å². The van der Waals surface area contributed by atoms with Gasteiger partial charge in [-0.3, -0.25) is 14.5 Å². The molecule has 0 aliphatic carbocycles. The number of nitrogens with zero attached hydrogens (tertiary/aromatic N) is 1. The molecule has 0 spiro atoms. The van der Waals surface area contributed by atoms with Gasteiger partial charge in [0.1, 0.15) is 5.54 Å². The lowest BCUT2D eigenvalue weighted by Crippen LogP contribution is -2.44. The summed E-state index contributed by atoms with van der Waals surface area (Å²) in [6, 6.07) is 6.26. The minimum atomic E-state index is -1.14. The highest BCUT2D eigenvalue weighted by molar-refractivity contribution is 6.30. The molecule has 23 heavy (non-hydrogen) atoms. The van der Waals surface area contributed by atoms with Gasteiger partial charge in [-0.05, 0) is 24.1 Å². The van der Waals surface area contributed by atoms with Gasteiger partial charge >= 0.3 is 6.03 Å². The summed E-state index contributed by atoms with van der Waals surface area (Å²) in [5.74, 6) is -0.561. The van der Waals surface area contributed by atoms with Gasteiger partial charge < -0.3 is 5.32 Å². The van der Waals surface area contributed by atoms with Crippen LogP contribution in [0.2, 0.25) is 5.02 Å². The fraction of sp³-hybridized carbons (Fsp3) is 0.471. The molecule has 3 amide bonds. The Bertz CT molecular complexity index is 649. The highest BCUT2D eigenvalue weighted by Gasteiger charge is 2.51. The summed E-state index contributed by atoms with van der Waals surface area (Å²) in [5.41, 5.74) is -1.09. The Kier molecular flexibility index (Phi) is 4.53. The Morgan fingerprint density at radius 3 is 2.26 bits per heavy atom. The minimum Gasteiger partial charge on any atom is -0.319 e. The molecule has 0 saturated carbocycles. The Labute approximate surface area is 141 Å². The number of carbonyl (C=O) groups is 3. The maximum atomic E-state index is 12.9. The second kappa shape index (κ2) is 5.96. The smallest absolute Gasteiger partial charge is 0.319 e. The molecule has 1 aromatic rings. The van der Waals surface area contributed by atoms with E-state index in [-0.39, 0.29) is 12.3 Å². The Balaban J connectivity index is 2.35. The number of Topliss-reactive ketones (excluding diaryl/α,β-unsaturated/α-hetero) is 1. The topological polar surface area (TPSA) is 66.5 Å². The van der Waals surface area contributed by atoms with E-state index in [9.17, 15) is 14.4 Å². The Morgan fingerprint density at radius 2 is 1.78 bits per heavy atom. The van der Waals surface area contributed by atoms with E-state index in [1.54, 1.807) is 45.0 Å². The third-order valence-electron chi connectivity index (χ3n) is 4.18. The van der Waals surface area contributed by atoms with Crippen LogP contribution in [0.25, 0.3) is 0 Å². The van der Waals surface area contributed by atoms with Gasteiger partial charge in [-0.1, -0.05) is 51.4 Å².